The molecule has 1 aromatic rings. The molecule has 0 spiro atoms. The molecule has 0 radical (unpaired) electrons. The van der Waals surface area contributed by atoms with Crippen molar-refractivity contribution >= 4 is 0 Å². The molecule has 0 aliphatic carbocycles. The number of aromatic amines is 1. The Morgan fingerprint density at radius 1 is 1.46 bits per heavy atom. The van der Waals surface area contributed by atoms with Gasteiger partial charge in [0.1, 0.15) is 0 Å². The zero-order valence-electron chi connectivity index (χ0n) is 8.05. The Balaban J connectivity index is 2.43. The Bertz CT molecular complexity index is 357. The summed E-state index contributed by atoms with van der Waals surface area (Å²) in [6.07, 6.45) is 1.05. The first-order chi connectivity index (χ1) is 6.20. The highest BCUT2D eigenvalue weighted by molar-refractivity contribution is 5.10. The van der Waals surface area contributed by atoms with Gasteiger partial charge in [-0.1, -0.05) is 0 Å². The maximum atomic E-state index is 11.5. The lowest BCUT2D eigenvalue weighted by molar-refractivity contribution is 0.520. The summed E-state index contributed by atoms with van der Waals surface area (Å²) in [7, 11) is 0. The fourth-order valence-electron chi connectivity index (χ4n) is 1.94. The quantitative estimate of drug-likeness (QED) is 0.656. The minimum atomic E-state index is 0.0312. The van der Waals surface area contributed by atoms with E-state index in [2.05, 4.69) is 10.3 Å². The number of hydrogen-bond donors (Lipinski definition) is 2. The smallest absolute Gasteiger partial charge is 0.315 e. The zero-order valence-corrected chi connectivity index (χ0v) is 8.05. The van der Waals surface area contributed by atoms with Crippen LogP contribution in [0.2, 0.25) is 0 Å². The van der Waals surface area contributed by atoms with Crippen LogP contribution >= 0.6 is 0 Å². The molecule has 0 aromatic carbocycles. The van der Waals surface area contributed by atoms with Gasteiger partial charge in [0.25, 0.3) is 0 Å². The Labute approximate surface area is 77.0 Å². The molecular formula is C9H15N3O. The molecule has 13 heavy (non-hydrogen) atoms. The summed E-state index contributed by atoms with van der Waals surface area (Å²) in [4.78, 5) is 14.4. The van der Waals surface area contributed by atoms with Gasteiger partial charge in [-0.3, -0.25) is 4.57 Å². The van der Waals surface area contributed by atoms with Gasteiger partial charge in [0.15, 0.2) is 0 Å². The van der Waals surface area contributed by atoms with Gasteiger partial charge in [-0.2, -0.15) is 0 Å². The topological polar surface area (TPSA) is 49.8 Å². The standard InChI is InChI=1S/C9H15N3O/c1-6-7(2)12(9(13)11-6)8-3-4-10-5-8/h8,10H,3-5H2,1-2H3,(H,11,13). The van der Waals surface area contributed by atoms with E-state index >= 15 is 0 Å². The maximum Gasteiger partial charge on any atom is 0.326 e. The van der Waals surface area contributed by atoms with Crippen molar-refractivity contribution in [1.82, 2.24) is 14.9 Å². The third-order valence-corrected chi connectivity index (χ3v) is 2.82. The van der Waals surface area contributed by atoms with Gasteiger partial charge in [-0.05, 0) is 26.8 Å². The predicted molar refractivity (Wildman–Crippen MR) is 51.1 cm³/mol. The first-order valence-corrected chi connectivity index (χ1v) is 4.68. The highest BCUT2D eigenvalue weighted by atomic mass is 16.1. The second-order valence-corrected chi connectivity index (χ2v) is 3.66. The molecular weight excluding hydrogens is 166 g/mol. The summed E-state index contributed by atoms with van der Waals surface area (Å²) in [6, 6.07) is 0.345. The second-order valence-electron chi connectivity index (χ2n) is 3.66. The van der Waals surface area contributed by atoms with Crippen LogP contribution in [-0.4, -0.2) is 22.6 Å². The monoisotopic (exact) mass is 181 g/mol. The van der Waals surface area contributed by atoms with E-state index in [1.807, 2.05) is 18.4 Å². The molecule has 2 N–H and O–H groups in total. The number of imidazole rings is 1. The molecule has 0 bridgehead atoms. The Morgan fingerprint density at radius 2 is 2.23 bits per heavy atom. The van der Waals surface area contributed by atoms with Crippen LogP contribution in [-0.2, 0) is 0 Å². The largest absolute Gasteiger partial charge is 0.326 e. The van der Waals surface area contributed by atoms with Gasteiger partial charge in [0, 0.05) is 17.9 Å². The molecule has 1 atom stereocenters. The summed E-state index contributed by atoms with van der Waals surface area (Å²) in [5.41, 5.74) is 2.08. The Kier molecular flexibility index (Phi) is 2.00. The number of nitrogens with zero attached hydrogens (tertiary/aromatic N) is 1. The van der Waals surface area contributed by atoms with Crippen molar-refractivity contribution in [3.63, 3.8) is 0 Å². The summed E-state index contributed by atoms with van der Waals surface area (Å²) in [5, 5.41) is 3.26. The van der Waals surface area contributed by atoms with Crippen molar-refractivity contribution in [2.45, 2.75) is 26.3 Å². The van der Waals surface area contributed by atoms with Crippen LogP contribution in [0.25, 0.3) is 0 Å². The van der Waals surface area contributed by atoms with E-state index in [4.69, 9.17) is 0 Å². The fraction of sp³-hybridized carbons (Fsp3) is 0.667. The van der Waals surface area contributed by atoms with Gasteiger partial charge in [-0.25, -0.2) is 4.79 Å². The molecule has 4 heteroatoms. The van der Waals surface area contributed by atoms with E-state index in [1.54, 1.807) is 0 Å². The second kappa shape index (κ2) is 3.03. The van der Waals surface area contributed by atoms with E-state index in [9.17, 15) is 4.79 Å². The molecule has 0 amide bonds. The van der Waals surface area contributed by atoms with Crippen molar-refractivity contribution in [3.05, 3.63) is 21.9 Å². The first-order valence-electron chi connectivity index (χ1n) is 4.68. The predicted octanol–water partition coefficient (Wildman–Crippen LogP) is 0.328. The minimum Gasteiger partial charge on any atom is -0.315 e. The third-order valence-electron chi connectivity index (χ3n) is 2.82. The summed E-state index contributed by atoms with van der Waals surface area (Å²) < 4.78 is 1.87. The van der Waals surface area contributed by atoms with Crippen molar-refractivity contribution in [3.8, 4) is 0 Å². The third kappa shape index (κ3) is 1.31. The Hall–Kier alpha value is -1.03. The molecule has 0 saturated carbocycles. The van der Waals surface area contributed by atoms with Gasteiger partial charge in [0.05, 0.1) is 6.04 Å². The van der Waals surface area contributed by atoms with E-state index < -0.39 is 0 Å². The van der Waals surface area contributed by atoms with E-state index in [0.29, 0.717) is 6.04 Å². The van der Waals surface area contributed by atoms with Crippen LogP contribution in [0.1, 0.15) is 23.9 Å². The summed E-state index contributed by atoms with van der Waals surface area (Å²) in [6.45, 7) is 5.86. The number of aromatic nitrogens is 2. The van der Waals surface area contributed by atoms with E-state index in [0.717, 1.165) is 30.9 Å². The number of rotatable bonds is 1. The molecule has 1 aliphatic heterocycles. The van der Waals surface area contributed by atoms with Crippen molar-refractivity contribution in [2.75, 3.05) is 13.1 Å². The van der Waals surface area contributed by atoms with Crippen molar-refractivity contribution in [1.29, 1.82) is 0 Å². The van der Waals surface area contributed by atoms with Gasteiger partial charge in [-0.15, -0.1) is 0 Å². The number of nitrogens with one attached hydrogen (secondary N) is 2. The molecule has 1 unspecified atom stereocenters. The lowest BCUT2D eigenvalue weighted by atomic mass is 10.2. The van der Waals surface area contributed by atoms with Gasteiger partial charge >= 0.3 is 5.69 Å². The highest BCUT2D eigenvalue weighted by Crippen LogP contribution is 2.15. The average Bonchev–Trinajstić information content (AvgIpc) is 2.63. The molecule has 2 rings (SSSR count). The van der Waals surface area contributed by atoms with Crippen LogP contribution in [0.3, 0.4) is 0 Å². The molecule has 4 nitrogen and oxygen atoms in total. The van der Waals surface area contributed by atoms with Gasteiger partial charge < -0.3 is 10.3 Å². The fourth-order valence-corrected chi connectivity index (χ4v) is 1.94. The van der Waals surface area contributed by atoms with Crippen LogP contribution < -0.4 is 11.0 Å². The van der Waals surface area contributed by atoms with Crippen LogP contribution in [0.5, 0.6) is 0 Å². The van der Waals surface area contributed by atoms with E-state index in [-0.39, 0.29) is 5.69 Å². The van der Waals surface area contributed by atoms with Crippen LogP contribution in [0.4, 0.5) is 0 Å². The number of aryl methyl sites for hydroxylation is 1. The van der Waals surface area contributed by atoms with Crippen molar-refractivity contribution < 1.29 is 0 Å². The Morgan fingerprint density at radius 3 is 2.69 bits per heavy atom. The molecule has 72 valence electrons. The van der Waals surface area contributed by atoms with Crippen LogP contribution in [0, 0.1) is 13.8 Å². The lowest BCUT2D eigenvalue weighted by Gasteiger charge is -2.11. The highest BCUT2D eigenvalue weighted by Gasteiger charge is 2.20. The normalized spacial score (nSPS) is 22.5. The zero-order chi connectivity index (χ0) is 9.42. The van der Waals surface area contributed by atoms with Gasteiger partial charge in [0.2, 0.25) is 0 Å². The molecule has 1 aromatic heterocycles. The minimum absolute atomic E-state index is 0.0312. The number of H-pyrrole nitrogens is 1. The van der Waals surface area contributed by atoms with Crippen molar-refractivity contribution in [2.24, 2.45) is 0 Å². The average molecular weight is 181 g/mol. The summed E-state index contributed by atoms with van der Waals surface area (Å²) in [5.74, 6) is 0. The molecule has 1 aliphatic rings. The molecule has 1 saturated heterocycles. The SMILES string of the molecule is Cc1[nH]c(=O)n(C2CCNC2)c1C. The maximum absolute atomic E-state index is 11.5. The lowest BCUT2D eigenvalue weighted by Crippen LogP contribution is -2.24. The van der Waals surface area contributed by atoms with E-state index in [1.165, 1.54) is 0 Å². The summed E-state index contributed by atoms with van der Waals surface area (Å²) >= 11 is 0. The number of hydrogen-bond acceptors (Lipinski definition) is 2. The molecule has 1 fully saturated rings. The van der Waals surface area contributed by atoms with Crippen LogP contribution in [0.15, 0.2) is 4.79 Å². The first kappa shape index (κ1) is 8.56. The molecule has 2 heterocycles.